The number of carbonyl (C=O) groups excluding carboxylic acids is 1. The third kappa shape index (κ3) is 2.34. The Morgan fingerprint density at radius 2 is 1.96 bits per heavy atom. The van der Waals surface area contributed by atoms with E-state index in [-0.39, 0.29) is 23.3 Å². The summed E-state index contributed by atoms with van der Waals surface area (Å²) in [6.07, 6.45) is 2.01. The van der Waals surface area contributed by atoms with Crippen molar-refractivity contribution in [3.05, 3.63) is 59.2 Å². The number of rotatable bonds is 1. The third-order valence-corrected chi connectivity index (χ3v) is 4.78. The number of carbonyl (C=O) groups is 1. The molecule has 2 aromatic rings. The maximum Gasteiger partial charge on any atom is 0.256 e. The number of hydrogen-bond acceptors (Lipinski definition) is 4. The van der Waals surface area contributed by atoms with Crippen LogP contribution >= 0.6 is 0 Å². The zero-order valence-corrected chi connectivity index (χ0v) is 12.9. The highest BCUT2D eigenvalue weighted by Gasteiger charge is 2.31. The molecule has 1 aliphatic carbocycles. The van der Waals surface area contributed by atoms with E-state index in [2.05, 4.69) is 5.32 Å². The largest absolute Gasteiger partial charge is 0.508 e. The van der Waals surface area contributed by atoms with Crippen LogP contribution in [0.3, 0.4) is 0 Å². The maximum absolute atomic E-state index is 12.2. The maximum atomic E-state index is 12.2. The predicted molar refractivity (Wildman–Crippen MR) is 89.7 cm³/mol. The van der Waals surface area contributed by atoms with Gasteiger partial charge >= 0.3 is 0 Å². The summed E-state index contributed by atoms with van der Waals surface area (Å²) in [5.74, 6) is -0.167. The first kappa shape index (κ1) is 14.8. The molecule has 5 nitrogen and oxygen atoms in total. The molecule has 2 aromatic carbocycles. The van der Waals surface area contributed by atoms with E-state index < -0.39 is 6.10 Å². The van der Waals surface area contributed by atoms with Crippen molar-refractivity contribution in [1.29, 1.82) is 0 Å². The smallest absolute Gasteiger partial charge is 0.256 e. The van der Waals surface area contributed by atoms with E-state index in [4.69, 9.17) is 0 Å². The van der Waals surface area contributed by atoms with Crippen LogP contribution < -0.4 is 5.32 Å². The van der Waals surface area contributed by atoms with Gasteiger partial charge in [-0.3, -0.25) is 4.79 Å². The lowest BCUT2D eigenvalue weighted by atomic mass is 9.80. The molecule has 2 aliphatic rings. The fourth-order valence-corrected chi connectivity index (χ4v) is 3.52. The molecule has 4 N–H and O–H groups in total. The van der Waals surface area contributed by atoms with E-state index >= 15 is 0 Å². The predicted octanol–water partition coefficient (Wildman–Crippen LogP) is 2.21. The van der Waals surface area contributed by atoms with Crippen LogP contribution in [-0.4, -0.2) is 27.3 Å². The number of fused-ring (bicyclic) bond motifs is 2. The van der Waals surface area contributed by atoms with E-state index in [0.717, 1.165) is 11.1 Å². The Morgan fingerprint density at radius 1 is 1.12 bits per heavy atom. The van der Waals surface area contributed by atoms with E-state index in [1.165, 1.54) is 6.07 Å². The first-order valence-electron chi connectivity index (χ1n) is 7.87. The van der Waals surface area contributed by atoms with Gasteiger partial charge in [0.25, 0.3) is 5.91 Å². The highest BCUT2D eigenvalue weighted by Crippen LogP contribution is 2.38. The highest BCUT2D eigenvalue weighted by atomic mass is 16.3. The zero-order valence-electron chi connectivity index (χ0n) is 12.9. The molecule has 0 saturated heterocycles. The number of aliphatic hydroxyl groups is 1. The van der Waals surface area contributed by atoms with Gasteiger partial charge in [-0.25, -0.2) is 0 Å². The number of benzene rings is 2. The average Bonchev–Trinajstić information content (AvgIpc) is 2.85. The van der Waals surface area contributed by atoms with Crippen LogP contribution in [0.4, 0.5) is 5.69 Å². The van der Waals surface area contributed by atoms with Gasteiger partial charge in [0.2, 0.25) is 0 Å². The minimum atomic E-state index is -0.674. The Kier molecular flexibility index (Phi) is 3.32. The molecule has 0 bridgehead atoms. The Morgan fingerprint density at radius 3 is 2.79 bits per heavy atom. The van der Waals surface area contributed by atoms with Crippen molar-refractivity contribution in [3.8, 4) is 11.5 Å². The van der Waals surface area contributed by atoms with Gasteiger partial charge in [-0.15, -0.1) is 0 Å². The standard InChI is InChI=1S/C19H17NO4/c21-12-4-5-16-14(8-12)15(19(24)20-16)7-11-6-10-2-1-3-17(22)13(10)9-18(11)23/h1-5,7-8,11,18,21-23H,6,9H2,(H,20,24). The van der Waals surface area contributed by atoms with E-state index in [9.17, 15) is 20.1 Å². The topological polar surface area (TPSA) is 89.8 Å². The van der Waals surface area contributed by atoms with Crippen molar-refractivity contribution in [2.45, 2.75) is 18.9 Å². The zero-order chi connectivity index (χ0) is 16.8. The first-order valence-corrected chi connectivity index (χ1v) is 7.87. The summed E-state index contributed by atoms with van der Waals surface area (Å²) in [5, 5.41) is 32.8. The van der Waals surface area contributed by atoms with Crippen LogP contribution in [0.5, 0.6) is 11.5 Å². The molecule has 4 rings (SSSR count). The fourth-order valence-electron chi connectivity index (χ4n) is 3.52. The molecule has 1 heterocycles. The molecule has 2 unspecified atom stereocenters. The molecular weight excluding hydrogens is 306 g/mol. The monoisotopic (exact) mass is 323 g/mol. The first-order chi connectivity index (χ1) is 11.5. The van der Waals surface area contributed by atoms with Gasteiger partial charge in [0.15, 0.2) is 0 Å². The summed E-state index contributed by atoms with van der Waals surface area (Å²) in [5.41, 5.74) is 3.53. The van der Waals surface area contributed by atoms with Crippen LogP contribution in [0.15, 0.2) is 42.5 Å². The van der Waals surface area contributed by atoms with Gasteiger partial charge in [0.1, 0.15) is 11.5 Å². The van der Waals surface area contributed by atoms with Gasteiger partial charge in [0.05, 0.1) is 6.10 Å². The molecule has 0 radical (unpaired) electrons. The number of phenolic OH excluding ortho intramolecular Hbond substituents is 2. The lowest BCUT2D eigenvalue weighted by molar-refractivity contribution is -0.110. The lowest BCUT2D eigenvalue weighted by Gasteiger charge is -2.28. The van der Waals surface area contributed by atoms with Crippen molar-refractivity contribution < 1.29 is 20.1 Å². The summed E-state index contributed by atoms with van der Waals surface area (Å²) >= 11 is 0. The van der Waals surface area contributed by atoms with Gasteiger partial charge in [-0.1, -0.05) is 18.2 Å². The van der Waals surface area contributed by atoms with Gasteiger partial charge in [-0.05, 0) is 41.8 Å². The number of hydrogen-bond donors (Lipinski definition) is 4. The minimum absolute atomic E-state index is 0.0932. The van der Waals surface area contributed by atoms with E-state index in [1.54, 1.807) is 30.3 Å². The summed E-state index contributed by atoms with van der Waals surface area (Å²) < 4.78 is 0. The summed E-state index contributed by atoms with van der Waals surface area (Å²) in [4.78, 5) is 12.2. The van der Waals surface area contributed by atoms with Gasteiger partial charge in [0, 0.05) is 29.2 Å². The lowest BCUT2D eigenvalue weighted by Crippen LogP contribution is -2.29. The molecule has 5 heteroatoms. The van der Waals surface area contributed by atoms with Crippen LogP contribution in [0.25, 0.3) is 5.57 Å². The second-order valence-electron chi connectivity index (χ2n) is 6.32. The molecule has 122 valence electrons. The Labute approximate surface area is 138 Å². The molecule has 24 heavy (non-hydrogen) atoms. The Balaban J connectivity index is 1.72. The second-order valence-corrected chi connectivity index (χ2v) is 6.32. The number of phenols is 2. The van der Waals surface area contributed by atoms with Crippen LogP contribution in [0, 0.1) is 5.92 Å². The number of aromatic hydroxyl groups is 2. The number of aliphatic hydroxyl groups excluding tert-OH is 1. The molecular formula is C19H17NO4. The van der Waals surface area contributed by atoms with Gasteiger partial charge in [-0.2, -0.15) is 0 Å². The number of nitrogens with one attached hydrogen (secondary N) is 1. The summed E-state index contributed by atoms with van der Waals surface area (Å²) in [6.45, 7) is 0. The molecule has 0 fully saturated rings. The number of anilines is 1. The molecule has 1 aliphatic heterocycles. The molecule has 1 amide bonds. The molecule has 2 atom stereocenters. The normalized spacial score (nSPS) is 23.7. The van der Waals surface area contributed by atoms with Crippen molar-refractivity contribution in [3.63, 3.8) is 0 Å². The van der Waals surface area contributed by atoms with Crippen LogP contribution in [0.1, 0.15) is 16.7 Å². The van der Waals surface area contributed by atoms with Crippen molar-refractivity contribution in [2.75, 3.05) is 5.32 Å². The molecule has 0 saturated carbocycles. The minimum Gasteiger partial charge on any atom is -0.508 e. The van der Waals surface area contributed by atoms with Crippen molar-refractivity contribution in [1.82, 2.24) is 0 Å². The molecule has 0 spiro atoms. The average molecular weight is 323 g/mol. The molecule has 0 aromatic heterocycles. The fraction of sp³-hybridized carbons (Fsp3) is 0.211. The number of amides is 1. The van der Waals surface area contributed by atoms with Crippen LogP contribution in [0.2, 0.25) is 0 Å². The van der Waals surface area contributed by atoms with Crippen LogP contribution in [-0.2, 0) is 17.6 Å². The Bertz CT molecular complexity index is 872. The third-order valence-electron chi connectivity index (χ3n) is 4.78. The van der Waals surface area contributed by atoms with Crippen molar-refractivity contribution >= 4 is 17.2 Å². The quantitative estimate of drug-likeness (QED) is 0.478. The summed E-state index contributed by atoms with van der Waals surface area (Å²) in [7, 11) is 0. The summed E-state index contributed by atoms with van der Waals surface area (Å²) in [6, 6.07) is 10.1. The second kappa shape index (κ2) is 5.39. The van der Waals surface area contributed by atoms with Crippen molar-refractivity contribution in [2.24, 2.45) is 5.92 Å². The highest BCUT2D eigenvalue weighted by molar-refractivity contribution is 6.31. The van der Waals surface area contributed by atoms with E-state index in [0.29, 0.717) is 29.7 Å². The Hall–Kier alpha value is -2.79. The van der Waals surface area contributed by atoms with E-state index in [1.807, 2.05) is 6.07 Å². The van der Waals surface area contributed by atoms with Gasteiger partial charge < -0.3 is 20.6 Å². The SMILES string of the molecule is O=C1Nc2ccc(O)cc2C1=CC1Cc2cccc(O)c2CC1O.